The monoisotopic (exact) mass is 446 g/mol. The number of likely N-dealkylation sites (tertiary alicyclic amines) is 1. The van der Waals surface area contributed by atoms with Crippen LogP contribution in [0, 0.1) is 11.7 Å². The lowest BCUT2D eigenvalue weighted by Gasteiger charge is -2.29. The number of rotatable bonds is 6. The number of carbonyl (C=O) groups excluding carboxylic acids is 4. The Kier molecular flexibility index (Phi) is 6.81. The van der Waals surface area contributed by atoms with Crippen molar-refractivity contribution in [1.82, 2.24) is 15.1 Å². The minimum atomic E-state index is -0.976. The molecule has 1 fully saturated rings. The van der Waals surface area contributed by atoms with E-state index in [-0.39, 0.29) is 37.8 Å². The van der Waals surface area contributed by atoms with Crippen LogP contribution < -0.4 is 11.1 Å². The zero-order chi connectivity index (χ0) is 23.6. The van der Waals surface area contributed by atoms with Gasteiger partial charge in [0.05, 0.1) is 13.1 Å². The van der Waals surface area contributed by atoms with Crippen molar-refractivity contribution >= 4 is 23.8 Å². The Bertz CT molecular complexity index is 950. The van der Waals surface area contributed by atoms with Crippen LogP contribution in [0.15, 0.2) is 30.9 Å². The Hall–Kier alpha value is -3.43. The van der Waals surface area contributed by atoms with Crippen LogP contribution in [0.2, 0.25) is 0 Å². The first-order chi connectivity index (χ1) is 15.1. The number of primary amides is 1. The molecule has 2 aliphatic heterocycles. The van der Waals surface area contributed by atoms with Crippen LogP contribution in [0.3, 0.4) is 0 Å². The van der Waals surface area contributed by atoms with E-state index in [4.69, 9.17) is 10.5 Å². The Morgan fingerprint density at radius 1 is 1.28 bits per heavy atom. The summed E-state index contributed by atoms with van der Waals surface area (Å²) in [6, 6.07) is 2.79. The lowest BCUT2D eigenvalue weighted by molar-refractivity contribution is -0.141. The molecule has 0 bridgehead atoms. The maximum atomic E-state index is 14.0. The summed E-state index contributed by atoms with van der Waals surface area (Å²) in [5.41, 5.74) is 6.64. The largest absolute Gasteiger partial charge is 0.444 e. The van der Waals surface area contributed by atoms with E-state index in [1.54, 1.807) is 26.0 Å². The lowest BCUT2D eigenvalue weighted by atomic mass is 10.0. The normalized spacial score (nSPS) is 20.6. The van der Waals surface area contributed by atoms with Gasteiger partial charge in [-0.1, -0.05) is 32.6 Å². The van der Waals surface area contributed by atoms with Crippen molar-refractivity contribution in [3.8, 4) is 0 Å². The summed E-state index contributed by atoms with van der Waals surface area (Å²) in [5.74, 6) is -2.39. The summed E-state index contributed by atoms with van der Waals surface area (Å²) < 4.78 is 19.5. The average Bonchev–Trinajstić information content (AvgIpc) is 3.36. The van der Waals surface area contributed by atoms with E-state index in [9.17, 15) is 23.6 Å². The summed E-state index contributed by atoms with van der Waals surface area (Å²) in [7, 11) is 0. The van der Waals surface area contributed by atoms with Gasteiger partial charge in [-0.25, -0.2) is 9.18 Å². The minimum absolute atomic E-state index is 0.0412. The van der Waals surface area contributed by atoms with E-state index in [2.05, 4.69) is 11.9 Å². The third-order valence-corrected chi connectivity index (χ3v) is 5.74. The third kappa shape index (κ3) is 4.74. The molecule has 3 N–H and O–H groups in total. The molecular formula is C22H27FN4O5. The molecule has 0 saturated carbocycles. The molecular weight excluding hydrogens is 419 g/mol. The highest BCUT2D eigenvalue weighted by Gasteiger charge is 2.44. The van der Waals surface area contributed by atoms with Crippen LogP contribution in [0.5, 0.6) is 0 Å². The second-order valence-electron chi connectivity index (χ2n) is 8.32. The summed E-state index contributed by atoms with van der Waals surface area (Å²) in [4.78, 5) is 52.1. The summed E-state index contributed by atoms with van der Waals surface area (Å²) in [6.45, 7) is 7.14. The van der Waals surface area contributed by atoms with Crippen molar-refractivity contribution in [2.45, 2.75) is 51.5 Å². The lowest BCUT2D eigenvalue weighted by Crippen LogP contribution is -2.54. The molecule has 3 atom stereocenters. The van der Waals surface area contributed by atoms with Crippen LogP contribution in [0.4, 0.5) is 9.18 Å². The van der Waals surface area contributed by atoms with Gasteiger partial charge in [0, 0.05) is 18.5 Å². The fourth-order valence-corrected chi connectivity index (χ4v) is 4.03. The van der Waals surface area contributed by atoms with Crippen LogP contribution in [0.1, 0.15) is 31.4 Å². The zero-order valence-electron chi connectivity index (χ0n) is 18.0. The standard InChI is InChI=1S/C22H27FN4O5/c1-4-18(28)25-19(12(2)3)21(30)27-10-14(8-17(27)20(24)29)32-22(31)26-9-13-6-5-7-16(23)15(13)11-26/h4-7,12,14,17,19H,1,8-11H2,2-3H3,(H2,24,29)(H,25,28)/t14-,17+,19-/m1/s1. The molecule has 32 heavy (non-hydrogen) atoms. The average molecular weight is 446 g/mol. The number of ether oxygens (including phenoxy) is 1. The number of nitrogens with one attached hydrogen (secondary N) is 1. The fourth-order valence-electron chi connectivity index (χ4n) is 4.03. The Morgan fingerprint density at radius 2 is 2.00 bits per heavy atom. The highest BCUT2D eigenvalue weighted by atomic mass is 19.1. The van der Waals surface area contributed by atoms with Crippen LogP contribution in [-0.2, 0) is 32.2 Å². The number of nitrogens with zero attached hydrogens (tertiary/aromatic N) is 2. The van der Waals surface area contributed by atoms with Gasteiger partial charge in [0.2, 0.25) is 17.7 Å². The second kappa shape index (κ2) is 9.37. The molecule has 0 spiro atoms. The number of carbonyl (C=O) groups is 4. The number of benzene rings is 1. The first kappa shape index (κ1) is 23.2. The molecule has 0 radical (unpaired) electrons. The smallest absolute Gasteiger partial charge is 0.410 e. The summed E-state index contributed by atoms with van der Waals surface area (Å²) >= 11 is 0. The zero-order valence-corrected chi connectivity index (χ0v) is 18.0. The van der Waals surface area contributed by atoms with Crippen molar-refractivity contribution in [3.63, 3.8) is 0 Å². The van der Waals surface area contributed by atoms with Gasteiger partial charge in [-0.05, 0) is 23.6 Å². The van der Waals surface area contributed by atoms with E-state index >= 15 is 0 Å². The second-order valence-corrected chi connectivity index (χ2v) is 8.32. The minimum Gasteiger partial charge on any atom is -0.444 e. The van der Waals surface area contributed by atoms with Gasteiger partial charge in [0.15, 0.2) is 0 Å². The maximum absolute atomic E-state index is 14.0. The van der Waals surface area contributed by atoms with Crippen LogP contribution in [0.25, 0.3) is 0 Å². The molecule has 1 aromatic rings. The van der Waals surface area contributed by atoms with Crippen molar-refractivity contribution in [2.75, 3.05) is 6.54 Å². The predicted molar refractivity (Wildman–Crippen MR) is 112 cm³/mol. The molecule has 1 saturated heterocycles. The summed E-state index contributed by atoms with van der Waals surface area (Å²) in [5, 5.41) is 2.57. The van der Waals surface area contributed by atoms with Gasteiger partial charge < -0.3 is 20.7 Å². The number of halogens is 1. The molecule has 10 heteroatoms. The third-order valence-electron chi connectivity index (χ3n) is 5.74. The number of fused-ring (bicyclic) bond motifs is 1. The highest BCUT2D eigenvalue weighted by Crippen LogP contribution is 2.28. The SMILES string of the molecule is C=CC(=O)N[C@@H](C(=O)N1C[C@H](OC(=O)N2Cc3cccc(F)c3C2)C[C@H]1C(N)=O)C(C)C. The number of hydrogen-bond donors (Lipinski definition) is 2. The molecule has 2 heterocycles. The quantitative estimate of drug-likeness (QED) is 0.633. The molecule has 0 aliphatic carbocycles. The Morgan fingerprint density at radius 3 is 2.59 bits per heavy atom. The first-order valence-electron chi connectivity index (χ1n) is 10.4. The topological polar surface area (TPSA) is 122 Å². The first-order valence-corrected chi connectivity index (χ1v) is 10.4. The maximum Gasteiger partial charge on any atom is 0.410 e. The van der Waals surface area contributed by atoms with Crippen molar-refractivity contribution in [3.05, 3.63) is 47.8 Å². The molecule has 2 aliphatic rings. The number of amides is 4. The molecule has 3 rings (SSSR count). The molecule has 172 valence electrons. The Balaban J connectivity index is 1.68. The summed E-state index contributed by atoms with van der Waals surface area (Å²) in [6.07, 6.45) is -0.328. The molecule has 4 amide bonds. The fraction of sp³-hybridized carbons (Fsp3) is 0.455. The van der Waals surface area contributed by atoms with E-state index in [0.29, 0.717) is 11.1 Å². The number of hydrogen-bond acceptors (Lipinski definition) is 5. The number of nitrogens with two attached hydrogens (primary N) is 1. The van der Waals surface area contributed by atoms with Gasteiger partial charge >= 0.3 is 6.09 Å². The van der Waals surface area contributed by atoms with E-state index < -0.39 is 42.0 Å². The van der Waals surface area contributed by atoms with Crippen molar-refractivity contribution in [2.24, 2.45) is 11.7 Å². The van der Waals surface area contributed by atoms with E-state index in [1.165, 1.54) is 15.9 Å². The predicted octanol–water partition coefficient (Wildman–Crippen LogP) is 1.06. The van der Waals surface area contributed by atoms with Gasteiger partial charge in [-0.2, -0.15) is 0 Å². The van der Waals surface area contributed by atoms with Gasteiger partial charge in [-0.15, -0.1) is 0 Å². The van der Waals surface area contributed by atoms with Gasteiger partial charge in [0.1, 0.15) is 24.0 Å². The van der Waals surface area contributed by atoms with Crippen LogP contribution in [-0.4, -0.2) is 58.3 Å². The van der Waals surface area contributed by atoms with E-state index in [1.807, 2.05) is 0 Å². The van der Waals surface area contributed by atoms with Gasteiger partial charge in [-0.3, -0.25) is 19.3 Å². The van der Waals surface area contributed by atoms with E-state index in [0.717, 1.165) is 6.08 Å². The molecule has 1 aromatic carbocycles. The van der Waals surface area contributed by atoms with Gasteiger partial charge in [0.25, 0.3) is 0 Å². The molecule has 0 unspecified atom stereocenters. The highest BCUT2D eigenvalue weighted by molar-refractivity contribution is 5.95. The molecule has 9 nitrogen and oxygen atoms in total. The van der Waals surface area contributed by atoms with Crippen molar-refractivity contribution < 1.29 is 28.3 Å². The Labute approximate surface area is 185 Å². The van der Waals surface area contributed by atoms with Crippen molar-refractivity contribution in [1.29, 1.82) is 0 Å². The molecule has 0 aromatic heterocycles. The van der Waals surface area contributed by atoms with Crippen LogP contribution >= 0.6 is 0 Å².